The van der Waals surface area contributed by atoms with E-state index in [1.54, 1.807) is 14.2 Å². The Kier molecular flexibility index (Phi) is 4.19. The number of ether oxygens (including phenoxy) is 2. The molecule has 0 unspecified atom stereocenters. The summed E-state index contributed by atoms with van der Waals surface area (Å²) in [7, 11) is 3.34. The van der Waals surface area contributed by atoms with Gasteiger partial charge in [0.2, 0.25) is 0 Å². The Morgan fingerprint density at radius 2 is 1.06 bits per heavy atom. The molecule has 0 heterocycles. The molecule has 2 rings (SSSR count). The van der Waals surface area contributed by atoms with Crippen LogP contribution in [0.2, 0.25) is 0 Å². The van der Waals surface area contributed by atoms with Crippen molar-refractivity contribution in [3.8, 4) is 11.5 Å². The molecule has 0 bridgehead atoms. The van der Waals surface area contributed by atoms with Crippen molar-refractivity contribution in [2.24, 2.45) is 0 Å². The molecule has 18 heavy (non-hydrogen) atoms. The van der Waals surface area contributed by atoms with Crippen LogP contribution in [-0.2, 0) is 0 Å². The third-order valence-corrected chi connectivity index (χ3v) is 3.69. The zero-order valence-corrected chi connectivity index (χ0v) is 12.1. The summed E-state index contributed by atoms with van der Waals surface area (Å²) in [6.45, 7) is 0. The van der Waals surface area contributed by atoms with Gasteiger partial charge in [0.05, 0.1) is 0 Å². The number of hydrogen-bond acceptors (Lipinski definition) is 2. The molecular weight excluding hydrogens is 291 g/mol. The molecule has 2 nitrogen and oxygen atoms in total. The Morgan fingerprint density at radius 3 is 1.33 bits per heavy atom. The fourth-order valence-corrected chi connectivity index (χ4v) is 2.22. The van der Waals surface area contributed by atoms with Gasteiger partial charge in [-0.2, -0.15) is 0 Å². The van der Waals surface area contributed by atoms with Crippen LogP contribution in [0.15, 0.2) is 48.5 Å². The SMILES string of the molecule is COc1ccc(C(=[Se])c2ccc(OC)cc2)cc1. The normalized spacial score (nSPS) is 9.89. The molecule has 0 aliphatic heterocycles. The van der Waals surface area contributed by atoms with E-state index in [9.17, 15) is 0 Å². The van der Waals surface area contributed by atoms with E-state index in [0.717, 1.165) is 27.0 Å². The van der Waals surface area contributed by atoms with Crippen molar-refractivity contribution in [1.29, 1.82) is 0 Å². The summed E-state index contributed by atoms with van der Waals surface area (Å²) >= 11 is 3.12. The number of benzene rings is 2. The molecular formula is C15H14O2Se. The van der Waals surface area contributed by atoms with E-state index in [1.807, 2.05) is 48.5 Å². The first kappa shape index (κ1) is 12.9. The Morgan fingerprint density at radius 1 is 0.722 bits per heavy atom. The first-order chi connectivity index (χ1) is 8.74. The van der Waals surface area contributed by atoms with Gasteiger partial charge >= 0.3 is 115 Å². The van der Waals surface area contributed by atoms with Crippen LogP contribution in [0, 0.1) is 0 Å². The van der Waals surface area contributed by atoms with Gasteiger partial charge in [-0.15, -0.1) is 0 Å². The average molecular weight is 305 g/mol. The predicted molar refractivity (Wildman–Crippen MR) is 75.0 cm³/mol. The molecule has 2 aromatic rings. The van der Waals surface area contributed by atoms with Crippen LogP contribution in [0.4, 0.5) is 0 Å². The zero-order chi connectivity index (χ0) is 13.0. The Bertz CT molecular complexity index is 480. The summed E-state index contributed by atoms with van der Waals surface area (Å²) in [4.78, 5) is 0. The van der Waals surface area contributed by atoms with E-state index in [2.05, 4.69) is 15.6 Å². The standard InChI is InChI=1S/C15H14O2Se/c1-16-13-7-3-11(4-8-13)15(18)12-5-9-14(17-2)10-6-12/h3-10H,1-2H3. The number of methoxy groups -OCH3 is 2. The van der Waals surface area contributed by atoms with E-state index in [0.29, 0.717) is 0 Å². The molecule has 0 aliphatic rings. The monoisotopic (exact) mass is 306 g/mol. The quantitative estimate of drug-likeness (QED) is 0.808. The van der Waals surface area contributed by atoms with Crippen molar-refractivity contribution in [1.82, 2.24) is 0 Å². The van der Waals surface area contributed by atoms with Crippen molar-refractivity contribution in [3.63, 3.8) is 0 Å². The van der Waals surface area contributed by atoms with Crippen LogP contribution >= 0.6 is 0 Å². The molecule has 0 fully saturated rings. The Balaban J connectivity index is 2.23. The van der Waals surface area contributed by atoms with Gasteiger partial charge in [-0.1, -0.05) is 0 Å². The first-order valence-electron chi connectivity index (χ1n) is 5.57. The van der Waals surface area contributed by atoms with Crippen molar-refractivity contribution in [3.05, 3.63) is 59.7 Å². The molecule has 0 spiro atoms. The molecule has 0 aliphatic carbocycles. The van der Waals surface area contributed by atoms with Crippen molar-refractivity contribution >= 4 is 20.0 Å². The van der Waals surface area contributed by atoms with E-state index in [1.165, 1.54) is 0 Å². The molecule has 0 aromatic heterocycles. The van der Waals surface area contributed by atoms with Crippen molar-refractivity contribution < 1.29 is 9.47 Å². The number of rotatable bonds is 4. The molecule has 0 saturated heterocycles. The predicted octanol–water partition coefficient (Wildman–Crippen LogP) is 2.44. The van der Waals surface area contributed by atoms with Crippen molar-refractivity contribution in [2.45, 2.75) is 0 Å². The molecule has 0 saturated carbocycles. The van der Waals surface area contributed by atoms with Gasteiger partial charge < -0.3 is 0 Å². The van der Waals surface area contributed by atoms with Gasteiger partial charge in [0.15, 0.2) is 0 Å². The van der Waals surface area contributed by atoms with Crippen LogP contribution in [0.25, 0.3) is 0 Å². The fourth-order valence-electron chi connectivity index (χ4n) is 1.65. The van der Waals surface area contributed by atoms with E-state index in [4.69, 9.17) is 9.47 Å². The second kappa shape index (κ2) is 5.85. The molecule has 3 heteroatoms. The average Bonchev–Trinajstić information content (AvgIpc) is 2.47. The van der Waals surface area contributed by atoms with Gasteiger partial charge in [0, 0.05) is 0 Å². The van der Waals surface area contributed by atoms with Gasteiger partial charge in [-0.05, 0) is 0 Å². The molecule has 0 N–H and O–H groups in total. The maximum absolute atomic E-state index is 5.15. The van der Waals surface area contributed by atoms with Crippen LogP contribution in [0.5, 0.6) is 11.5 Å². The summed E-state index contributed by atoms with van der Waals surface area (Å²) in [6.07, 6.45) is 0. The molecule has 2 aromatic carbocycles. The maximum atomic E-state index is 5.15. The Hall–Kier alpha value is -1.57. The van der Waals surface area contributed by atoms with Crippen LogP contribution in [0.3, 0.4) is 0 Å². The summed E-state index contributed by atoms with van der Waals surface area (Å²) in [6, 6.07) is 16.0. The first-order valence-corrected chi connectivity index (χ1v) is 6.43. The fraction of sp³-hybridized carbons (Fsp3) is 0.133. The topological polar surface area (TPSA) is 18.5 Å². The molecule has 0 atom stereocenters. The summed E-state index contributed by atoms with van der Waals surface area (Å²) < 4.78 is 11.4. The zero-order valence-electron chi connectivity index (χ0n) is 10.3. The van der Waals surface area contributed by atoms with Gasteiger partial charge in [-0.3, -0.25) is 0 Å². The van der Waals surface area contributed by atoms with Gasteiger partial charge in [-0.25, -0.2) is 0 Å². The van der Waals surface area contributed by atoms with E-state index >= 15 is 0 Å². The summed E-state index contributed by atoms with van der Waals surface area (Å²) in [5, 5.41) is 0. The Labute approximate surface area is 115 Å². The minimum absolute atomic E-state index is 0.862. The number of hydrogen-bond donors (Lipinski definition) is 0. The van der Waals surface area contributed by atoms with Gasteiger partial charge in [0.25, 0.3) is 0 Å². The second-order valence-corrected chi connectivity index (χ2v) is 4.64. The van der Waals surface area contributed by atoms with Gasteiger partial charge in [0.1, 0.15) is 0 Å². The summed E-state index contributed by atoms with van der Waals surface area (Å²) in [5.41, 5.74) is 2.28. The van der Waals surface area contributed by atoms with E-state index < -0.39 is 0 Å². The van der Waals surface area contributed by atoms with Crippen LogP contribution in [-0.4, -0.2) is 34.2 Å². The molecule has 0 amide bonds. The minimum atomic E-state index is 0.862. The molecule has 0 radical (unpaired) electrons. The van der Waals surface area contributed by atoms with E-state index in [-0.39, 0.29) is 0 Å². The van der Waals surface area contributed by atoms with Crippen LogP contribution < -0.4 is 9.47 Å². The summed E-state index contributed by atoms with van der Waals surface area (Å²) in [5.74, 6) is 1.72. The third-order valence-electron chi connectivity index (χ3n) is 2.70. The van der Waals surface area contributed by atoms with Crippen LogP contribution in [0.1, 0.15) is 11.1 Å². The third kappa shape index (κ3) is 2.81. The van der Waals surface area contributed by atoms with Crippen molar-refractivity contribution in [2.75, 3.05) is 14.2 Å². The second-order valence-electron chi connectivity index (χ2n) is 3.79. The molecule has 92 valence electrons.